The van der Waals surface area contributed by atoms with Crippen molar-refractivity contribution in [3.63, 3.8) is 0 Å². The monoisotopic (exact) mass is 438 g/mol. The molecule has 0 aromatic rings. The molecule has 1 heterocycles. The zero-order chi connectivity index (χ0) is 22.9. The van der Waals surface area contributed by atoms with Crippen LogP contribution in [0.25, 0.3) is 0 Å². The summed E-state index contributed by atoms with van der Waals surface area (Å²) in [4.78, 5) is 21.7. The van der Waals surface area contributed by atoms with Gasteiger partial charge in [-0.2, -0.15) is 0 Å². The Morgan fingerprint density at radius 2 is 1.87 bits per heavy atom. The summed E-state index contributed by atoms with van der Waals surface area (Å²) in [6, 6.07) is 0. The van der Waals surface area contributed by atoms with E-state index in [0.29, 0.717) is 17.9 Å². The Balaban J connectivity index is 1.85. The SMILES string of the molecule is CCNC(=NCC1(CCOCC)CC1)N1CCC(CN(CC)C(=O)OC(C)(C)C)CC1. The molecule has 0 aromatic carbocycles. The molecule has 1 amide bonds. The van der Waals surface area contributed by atoms with E-state index in [2.05, 4.69) is 24.1 Å². The van der Waals surface area contributed by atoms with E-state index >= 15 is 0 Å². The smallest absolute Gasteiger partial charge is 0.410 e. The Labute approximate surface area is 189 Å². The molecule has 31 heavy (non-hydrogen) atoms. The summed E-state index contributed by atoms with van der Waals surface area (Å²) in [5, 5.41) is 3.49. The number of guanidine groups is 1. The zero-order valence-corrected chi connectivity index (χ0v) is 20.8. The average molecular weight is 439 g/mol. The maximum Gasteiger partial charge on any atom is 0.410 e. The first-order valence-corrected chi connectivity index (χ1v) is 12.3. The second-order valence-electron chi connectivity index (χ2n) is 10.1. The van der Waals surface area contributed by atoms with Gasteiger partial charge >= 0.3 is 6.09 Å². The highest BCUT2D eigenvalue weighted by molar-refractivity contribution is 5.80. The second kappa shape index (κ2) is 11.9. The van der Waals surface area contributed by atoms with E-state index < -0.39 is 5.60 Å². The standard InChI is InChI=1S/C24H46N4O3/c1-7-25-21(26-19-24(12-13-24)14-17-30-9-3)28-15-10-20(11-16-28)18-27(8-2)22(29)31-23(4,5)6/h20H,7-19H2,1-6H3,(H,25,26). The molecule has 0 aromatic heterocycles. The van der Waals surface area contributed by atoms with E-state index in [1.54, 1.807) is 0 Å². The van der Waals surface area contributed by atoms with E-state index in [-0.39, 0.29) is 6.09 Å². The lowest BCUT2D eigenvalue weighted by Crippen LogP contribution is -2.48. The summed E-state index contributed by atoms with van der Waals surface area (Å²) < 4.78 is 11.1. The number of carbonyl (C=O) groups excluding carboxylic acids is 1. The highest BCUT2D eigenvalue weighted by atomic mass is 16.6. The van der Waals surface area contributed by atoms with Crippen molar-refractivity contribution in [3.8, 4) is 0 Å². The van der Waals surface area contributed by atoms with Crippen LogP contribution in [0.15, 0.2) is 4.99 Å². The molecule has 1 aliphatic heterocycles. The number of piperidine rings is 1. The van der Waals surface area contributed by atoms with Crippen LogP contribution in [0.1, 0.15) is 73.6 Å². The van der Waals surface area contributed by atoms with Crippen molar-refractivity contribution in [2.45, 2.75) is 79.2 Å². The summed E-state index contributed by atoms with van der Waals surface area (Å²) >= 11 is 0. The molecule has 0 atom stereocenters. The molecule has 1 N–H and O–H groups in total. The predicted molar refractivity (Wildman–Crippen MR) is 127 cm³/mol. The quantitative estimate of drug-likeness (QED) is 0.316. The van der Waals surface area contributed by atoms with Gasteiger partial charge in [-0.15, -0.1) is 0 Å². The fourth-order valence-corrected chi connectivity index (χ4v) is 4.06. The Kier molecular flexibility index (Phi) is 9.91. The molecular weight excluding hydrogens is 392 g/mol. The van der Waals surface area contributed by atoms with Crippen molar-refractivity contribution < 1.29 is 14.3 Å². The van der Waals surface area contributed by atoms with Crippen LogP contribution in [-0.4, -0.2) is 79.9 Å². The molecule has 180 valence electrons. The number of carbonyl (C=O) groups is 1. The molecule has 1 saturated carbocycles. The van der Waals surface area contributed by atoms with E-state index in [4.69, 9.17) is 14.5 Å². The molecule has 1 saturated heterocycles. The van der Waals surface area contributed by atoms with Crippen molar-refractivity contribution in [1.29, 1.82) is 0 Å². The molecule has 2 fully saturated rings. The van der Waals surface area contributed by atoms with Crippen molar-refractivity contribution >= 4 is 12.1 Å². The van der Waals surface area contributed by atoms with Crippen LogP contribution < -0.4 is 5.32 Å². The van der Waals surface area contributed by atoms with Crippen LogP contribution in [0.3, 0.4) is 0 Å². The van der Waals surface area contributed by atoms with Gasteiger partial charge in [0.1, 0.15) is 5.60 Å². The minimum atomic E-state index is -0.452. The highest BCUT2D eigenvalue weighted by Crippen LogP contribution is 2.49. The molecule has 1 aliphatic carbocycles. The van der Waals surface area contributed by atoms with Crippen LogP contribution in [-0.2, 0) is 9.47 Å². The first-order valence-electron chi connectivity index (χ1n) is 12.3. The van der Waals surface area contributed by atoms with Gasteiger partial charge in [0.15, 0.2) is 5.96 Å². The van der Waals surface area contributed by atoms with Crippen LogP contribution in [0, 0.1) is 11.3 Å². The van der Waals surface area contributed by atoms with E-state index in [1.165, 1.54) is 12.8 Å². The van der Waals surface area contributed by atoms with Crippen molar-refractivity contribution in [3.05, 3.63) is 0 Å². The van der Waals surface area contributed by atoms with Gasteiger partial charge in [-0.25, -0.2) is 4.79 Å². The lowest BCUT2D eigenvalue weighted by molar-refractivity contribution is 0.0214. The van der Waals surface area contributed by atoms with Gasteiger partial charge in [-0.3, -0.25) is 4.99 Å². The molecule has 2 aliphatic rings. The molecule has 0 bridgehead atoms. The van der Waals surface area contributed by atoms with Crippen molar-refractivity contribution in [1.82, 2.24) is 15.1 Å². The van der Waals surface area contributed by atoms with Crippen LogP contribution >= 0.6 is 0 Å². The first-order chi connectivity index (χ1) is 14.7. The first kappa shape index (κ1) is 25.8. The van der Waals surface area contributed by atoms with Gasteiger partial charge in [0, 0.05) is 52.5 Å². The van der Waals surface area contributed by atoms with E-state index in [9.17, 15) is 4.79 Å². The number of ether oxygens (including phenoxy) is 2. The van der Waals surface area contributed by atoms with Gasteiger partial charge < -0.3 is 24.6 Å². The maximum absolute atomic E-state index is 12.5. The second-order valence-corrected chi connectivity index (χ2v) is 10.1. The summed E-state index contributed by atoms with van der Waals surface area (Å²) in [6.45, 7) is 18.8. The Morgan fingerprint density at radius 3 is 2.39 bits per heavy atom. The Hall–Kier alpha value is -1.50. The number of hydrogen-bond acceptors (Lipinski definition) is 4. The summed E-state index contributed by atoms with van der Waals surface area (Å²) in [5.41, 5.74) is -0.0875. The fraction of sp³-hybridized carbons (Fsp3) is 0.917. The number of aliphatic imine (C=N–C) groups is 1. The molecule has 0 unspecified atom stereocenters. The lowest BCUT2D eigenvalue weighted by Gasteiger charge is -2.36. The topological polar surface area (TPSA) is 66.4 Å². The van der Waals surface area contributed by atoms with Crippen LogP contribution in [0.4, 0.5) is 4.79 Å². The van der Waals surface area contributed by atoms with Gasteiger partial charge in [0.25, 0.3) is 0 Å². The molecule has 0 radical (unpaired) electrons. The third kappa shape index (κ3) is 8.87. The molecule has 7 nitrogen and oxygen atoms in total. The Bertz CT molecular complexity index is 576. The number of rotatable bonds is 10. The minimum Gasteiger partial charge on any atom is -0.444 e. The fourth-order valence-electron chi connectivity index (χ4n) is 4.06. The van der Waals surface area contributed by atoms with Crippen LogP contribution in [0.2, 0.25) is 0 Å². The van der Waals surface area contributed by atoms with Gasteiger partial charge in [-0.1, -0.05) is 0 Å². The van der Waals surface area contributed by atoms with E-state index in [1.807, 2.05) is 32.6 Å². The maximum atomic E-state index is 12.5. The lowest BCUT2D eigenvalue weighted by atomic mass is 9.96. The minimum absolute atomic E-state index is 0.200. The molecule has 2 rings (SSSR count). The summed E-state index contributed by atoms with van der Waals surface area (Å²) in [6.07, 6.45) is 5.58. The number of nitrogens with one attached hydrogen (secondary N) is 1. The van der Waals surface area contributed by atoms with Gasteiger partial charge in [0.2, 0.25) is 0 Å². The largest absolute Gasteiger partial charge is 0.444 e. The Morgan fingerprint density at radius 1 is 1.19 bits per heavy atom. The van der Waals surface area contributed by atoms with Crippen molar-refractivity contribution in [2.75, 3.05) is 52.5 Å². The average Bonchev–Trinajstić information content (AvgIpc) is 3.48. The third-order valence-corrected chi connectivity index (χ3v) is 6.26. The molecule has 0 spiro atoms. The predicted octanol–water partition coefficient (Wildman–Crippen LogP) is 4.13. The number of nitrogens with zero attached hydrogens (tertiary/aromatic N) is 3. The zero-order valence-electron chi connectivity index (χ0n) is 20.8. The highest BCUT2D eigenvalue weighted by Gasteiger charge is 2.42. The normalized spacial score (nSPS) is 19.3. The summed E-state index contributed by atoms with van der Waals surface area (Å²) in [5.74, 6) is 1.55. The van der Waals surface area contributed by atoms with Gasteiger partial charge in [-0.05, 0) is 85.0 Å². The van der Waals surface area contributed by atoms with E-state index in [0.717, 1.165) is 71.2 Å². The van der Waals surface area contributed by atoms with Crippen LogP contribution in [0.5, 0.6) is 0 Å². The number of amides is 1. The molecular formula is C24H46N4O3. The van der Waals surface area contributed by atoms with Gasteiger partial charge in [0.05, 0.1) is 0 Å². The molecule has 7 heteroatoms. The summed E-state index contributed by atoms with van der Waals surface area (Å²) in [7, 11) is 0. The number of likely N-dealkylation sites (tertiary alicyclic amines) is 1. The third-order valence-electron chi connectivity index (χ3n) is 6.26. The number of hydrogen-bond donors (Lipinski definition) is 1. The van der Waals surface area contributed by atoms with Crippen molar-refractivity contribution in [2.24, 2.45) is 16.3 Å².